The van der Waals surface area contributed by atoms with E-state index in [9.17, 15) is 9.59 Å². The van der Waals surface area contributed by atoms with Gasteiger partial charge in [-0.2, -0.15) is 0 Å². The van der Waals surface area contributed by atoms with E-state index in [1.54, 1.807) is 11.3 Å². The van der Waals surface area contributed by atoms with E-state index in [-0.39, 0.29) is 23.7 Å². The number of hydrogen-bond acceptors (Lipinski definition) is 5. The molecule has 2 saturated heterocycles. The number of aromatic nitrogens is 1. The van der Waals surface area contributed by atoms with Crippen LogP contribution in [0.3, 0.4) is 0 Å². The SMILES string of the molecule is Cc1nc(CN2C[C@@H]3CN(C(=O)CN(C)C(C)C)C[C@@H]3C2=O)cs1. The summed E-state index contributed by atoms with van der Waals surface area (Å²) in [6.45, 7) is 9.17. The van der Waals surface area contributed by atoms with Crippen LogP contribution >= 0.6 is 11.3 Å². The van der Waals surface area contributed by atoms with Gasteiger partial charge in [0, 0.05) is 37.0 Å². The first-order valence-electron chi connectivity index (χ1n) is 8.53. The van der Waals surface area contributed by atoms with Gasteiger partial charge in [-0.25, -0.2) is 4.98 Å². The third-order valence-corrected chi connectivity index (χ3v) is 5.99. The summed E-state index contributed by atoms with van der Waals surface area (Å²) in [4.78, 5) is 35.3. The zero-order valence-corrected chi connectivity index (χ0v) is 15.7. The zero-order chi connectivity index (χ0) is 17.4. The summed E-state index contributed by atoms with van der Waals surface area (Å²) in [6, 6.07) is 0.342. The van der Waals surface area contributed by atoms with Crippen molar-refractivity contribution < 1.29 is 9.59 Å². The molecule has 0 unspecified atom stereocenters. The van der Waals surface area contributed by atoms with Crippen LogP contribution in [0, 0.1) is 18.8 Å². The van der Waals surface area contributed by atoms with Crippen molar-refractivity contribution >= 4 is 23.2 Å². The van der Waals surface area contributed by atoms with E-state index in [0.29, 0.717) is 32.2 Å². The van der Waals surface area contributed by atoms with E-state index < -0.39 is 0 Å². The Morgan fingerprint density at radius 3 is 2.75 bits per heavy atom. The molecule has 1 aromatic heterocycles. The van der Waals surface area contributed by atoms with Gasteiger partial charge in [-0.3, -0.25) is 14.5 Å². The Morgan fingerprint density at radius 2 is 2.17 bits per heavy atom. The van der Waals surface area contributed by atoms with Crippen molar-refractivity contribution in [1.82, 2.24) is 19.7 Å². The second kappa shape index (κ2) is 6.80. The summed E-state index contributed by atoms with van der Waals surface area (Å²) in [7, 11) is 1.96. The predicted molar refractivity (Wildman–Crippen MR) is 93.6 cm³/mol. The molecule has 1 aromatic rings. The van der Waals surface area contributed by atoms with E-state index in [2.05, 4.69) is 18.8 Å². The van der Waals surface area contributed by atoms with Crippen molar-refractivity contribution in [3.8, 4) is 0 Å². The summed E-state index contributed by atoms with van der Waals surface area (Å²) in [5, 5.41) is 3.05. The van der Waals surface area contributed by atoms with E-state index in [0.717, 1.165) is 17.2 Å². The molecule has 0 aliphatic carbocycles. The summed E-state index contributed by atoms with van der Waals surface area (Å²) < 4.78 is 0. The topological polar surface area (TPSA) is 56.8 Å². The number of carbonyl (C=O) groups excluding carboxylic acids is 2. The van der Waals surface area contributed by atoms with Gasteiger partial charge >= 0.3 is 0 Å². The number of amides is 2. The minimum atomic E-state index is -0.0296. The van der Waals surface area contributed by atoms with Crippen LogP contribution in [0.15, 0.2) is 5.38 Å². The number of fused-ring (bicyclic) bond motifs is 1. The number of nitrogens with zero attached hydrogens (tertiary/aromatic N) is 4. The molecular weight excluding hydrogens is 324 g/mol. The minimum absolute atomic E-state index is 0.0296. The van der Waals surface area contributed by atoms with E-state index in [1.165, 1.54) is 0 Å². The van der Waals surface area contributed by atoms with Crippen LogP contribution in [-0.2, 0) is 16.1 Å². The third-order valence-electron chi connectivity index (χ3n) is 5.16. The number of rotatable bonds is 5. The fourth-order valence-electron chi connectivity index (χ4n) is 3.46. The molecule has 2 aliphatic heterocycles. The van der Waals surface area contributed by atoms with Gasteiger partial charge in [0.15, 0.2) is 0 Å². The van der Waals surface area contributed by atoms with Gasteiger partial charge in [0.05, 0.1) is 29.7 Å². The van der Waals surface area contributed by atoms with Gasteiger partial charge in [0.25, 0.3) is 0 Å². The van der Waals surface area contributed by atoms with Crippen LogP contribution in [0.5, 0.6) is 0 Å². The molecule has 6 nitrogen and oxygen atoms in total. The standard InChI is InChI=1S/C17H26N4O2S/c1-11(2)19(4)9-16(22)20-5-13-6-21(17(23)15(13)8-20)7-14-10-24-12(3)18-14/h10-11,13,15H,5-9H2,1-4H3/t13-,15-/m0/s1. The molecule has 2 atom stereocenters. The lowest BCUT2D eigenvalue weighted by Crippen LogP contribution is -2.42. The number of thiazole rings is 1. The molecule has 0 N–H and O–H groups in total. The first-order valence-corrected chi connectivity index (χ1v) is 9.41. The Bertz CT molecular complexity index is 630. The summed E-state index contributed by atoms with van der Waals surface area (Å²) in [5.74, 6) is 0.553. The second-order valence-electron chi connectivity index (χ2n) is 7.25. The second-order valence-corrected chi connectivity index (χ2v) is 8.31. The van der Waals surface area contributed by atoms with Gasteiger partial charge in [0.1, 0.15) is 0 Å². The molecule has 24 heavy (non-hydrogen) atoms. The fourth-order valence-corrected chi connectivity index (χ4v) is 4.07. The molecule has 132 valence electrons. The minimum Gasteiger partial charge on any atom is -0.340 e. The lowest BCUT2D eigenvalue weighted by molar-refractivity contribution is -0.134. The van der Waals surface area contributed by atoms with E-state index in [4.69, 9.17) is 0 Å². The van der Waals surface area contributed by atoms with Gasteiger partial charge in [0.2, 0.25) is 11.8 Å². The van der Waals surface area contributed by atoms with Crippen molar-refractivity contribution in [2.75, 3.05) is 33.2 Å². The highest BCUT2D eigenvalue weighted by molar-refractivity contribution is 7.09. The summed E-state index contributed by atoms with van der Waals surface area (Å²) in [5.41, 5.74) is 0.970. The van der Waals surface area contributed by atoms with Crippen LogP contribution in [-0.4, -0.2) is 70.8 Å². The third kappa shape index (κ3) is 3.47. The maximum atomic E-state index is 12.6. The zero-order valence-electron chi connectivity index (χ0n) is 14.9. The highest BCUT2D eigenvalue weighted by Gasteiger charge is 2.47. The quantitative estimate of drug-likeness (QED) is 0.801. The molecular formula is C17H26N4O2S. The highest BCUT2D eigenvalue weighted by atomic mass is 32.1. The van der Waals surface area contributed by atoms with E-state index >= 15 is 0 Å². The summed E-state index contributed by atoms with van der Waals surface area (Å²) in [6.07, 6.45) is 0. The van der Waals surface area contributed by atoms with Crippen LogP contribution in [0.1, 0.15) is 24.5 Å². The molecule has 2 amide bonds. The molecule has 0 saturated carbocycles. The summed E-state index contributed by atoms with van der Waals surface area (Å²) >= 11 is 1.62. The van der Waals surface area contributed by atoms with Crippen LogP contribution < -0.4 is 0 Å². The molecule has 3 rings (SSSR count). The molecule has 0 aromatic carbocycles. The average molecular weight is 350 g/mol. The maximum Gasteiger partial charge on any atom is 0.236 e. The smallest absolute Gasteiger partial charge is 0.236 e. The van der Waals surface area contributed by atoms with Crippen LogP contribution in [0.2, 0.25) is 0 Å². The number of carbonyl (C=O) groups is 2. The van der Waals surface area contributed by atoms with Gasteiger partial charge < -0.3 is 9.80 Å². The Hall–Kier alpha value is -1.47. The Kier molecular flexibility index (Phi) is 4.92. The molecule has 7 heteroatoms. The van der Waals surface area contributed by atoms with E-state index in [1.807, 2.05) is 34.1 Å². The maximum absolute atomic E-state index is 12.6. The van der Waals surface area contributed by atoms with Gasteiger partial charge in [-0.15, -0.1) is 11.3 Å². The first kappa shape index (κ1) is 17.4. The Labute approximate surface area is 147 Å². The van der Waals surface area contributed by atoms with Crippen LogP contribution in [0.4, 0.5) is 0 Å². The molecule has 0 radical (unpaired) electrons. The van der Waals surface area contributed by atoms with Crippen molar-refractivity contribution in [2.45, 2.75) is 33.4 Å². The lowest BCUT2D eigenvalue weighted by atomic mass is 10.0. The lowest BCUT2D eigenvalue weighted by Gasteiger charge is -2.25. The molecule has 0 bridgehead atoms. The van der Waals surface area contributed by atoms with Crippen molar-refractivity contribution in [3.05, 3.63) is 16.1 Å². The molecule has 2 aliphatic rings. The van der Waals surface area contributed by atoms with Crippen molar-refractivity contribution in [3.63, 3.8) is 0 Å². The Morgan fingerprint density at radius 1 is 1.42 bits per heavy atom. The molecule has 0 spiro atoms. The highest BCUT2D eigenvalue weighted by Crippen LogP contribution is 2.33. The number of likely N-dealkylation sites (N-methyl/N-ethyl adjacent to an activating group) is 1. The molecule has 3 heterocycles. The number of likely N-dealkylation sites (tertiary alicyclic amines) is 2. The normalized spacial score (nSPS) is 23.7. The molecule has 2 fully saturated rings. The Balaban J connectivity index is 1.56. The number of aryl methyl sites for hydroxylation is 1. The van der Waals surface area contributed by atoms with Gasteiger partial charge in [-0.05, 0) is 27.8 Å². The monoisotopic (exact) mass is 350 g/mol. The first-order chi connectivity index (χ1) is 11.3. The fraction of sp³-hybridized carbons (Fsp3) is 0.706. The number of hydrogen-bond donors (Lipinski definition) is 0. The average Bonchev–Trinajstić information content (AvgIpc) is 3.18. The van der Waals surface area contributed by atoms with Crippen molar-refractivity contribution in [1.29, 1.82) is 0 Å². The predicted octanol–water partition coefficient (Wildman–Crippen LogP) is 1.21. The van der Waals surface area contributed by atoms with Crippen molar-refractivity contribution in [2.24, 2.45) is 11.8 Å². The largest absolute Gasteiger partial charge is 0.340 e. The van der Waals surface area contributed by atoms with Crippen LogP contribution in [0.25, 0.3) is 0 Å². The van der Waals surface area contributed by atoms with Gasteiger partial charge in [-0.1, -0.05) is 0 Å².